The monoisotopic (exact) mass is 498 g/mol. The molecule has 37 heavy (non-hydrogen) atoms. The molecule has 2 aromatic rings. The van der Waals surface area contributed by atoms with E-state index in [1.165, 1.54) is 5.01 Å². The molecular formula is C29H30N4O4. The topological polar surface area (TPSA) is 90.4 Å². The fourth-order valence-electron chi connectivity index (χ4n) is 5.36. The van der Waals surface area contributed by atoms with E-state index < -0.39 is 30.3 Å². The summed E-state index contributed by atoms with van der Waals surface area (Å²) in [5.74, 6) is -2.35. The quantitative estimate of drug-likeness (QED) is 0.440. The van der Waals surface area contributed by atoms with Crippen LogP contribution in [0, 0.1) is 11.8 Å². The number of amides is 5. The minimum Gasteiger partial charge on any atom is -0.271 e. The fourth-order valence-corrected chi connectivity index (χ4v) is 5.36. The molecule has 5 rings (SSSR count). The number of imide groups is 2. The molecule has 1 aliphatic carbocycles. The van der Waals surface area contributed by atoms with Crippen molar-refractivity contribution >= 4 is 35.5 Å². The van der Waals surface area contributed by atoms with E-state index in [1.54, 1.807) is 0 Å². The predicted octanol–water partition coefficient (Wildman–Crippen LogP) is 4.26. The lowest BCUT2D eigenvalue weighted by atomic mass is 9.77. The number of benzene rings is 2. The van der Waals surface area contributed by atoms with Crippen LogP contribution in [0.25, 0.3) is 6.08 Å². The molecule has 0 radical (unpaired) electrons. The first-order valence-corrected chi connectivity index (χ1v) is 12.7. The van der Waals surface area contributed by atoms with Crippen molar-refractivity contribution in [3.8, 4) is 0 Å². The highest BCUT2D eigenvalue weighted by Gasteiger charge is 2.48. The number of allylic oxidation sites excluding steroid dienone is 1. The summed E-state index contributed by atoms with van der Waals surface area (Å²) in [6.07, 6.45) is 4.82. The lowest BCUT2D eigenvalue weighted by molar-refractivity contribution is -0.145. The van der Waals surface area contributed by atoms with Crippen molar-refractivity contribution in [2.75, 3.05) is 13.1 Å². The molecule has 0 N–H and O–H groups in total. The zero-order valence-corrected chi connectivity index (χ0v) is 21.0. The van der Waals surface area contributed by atoms with Gasteiger partial charge in [0.05, 0.1) is 11.8 Å². The third-order valence-electron chi connectivity index (χ3n) is 7.01. The number of nitrogens with zero attached hydrogens (tertiary/aromatic N) is 4. The van der Waals surface area contributed by atoms with Crippen LogP contribution in [0.15, 0.2) is 71.3 Å². The van der Waals surface area contributed by atoms with Crippen molar-refractivity contribution in [2.45, 2.75) is 39.2 Å². The van der Waals surface area contributed by atoms with Crippen LogP contribution in [0.1, 0.15) is 50.3 Å². The maximum atomic E-state index is 13.6. The summed E-state index contributed by atoms with van der Waals surface area (Å²) in [6.45, 7) is 3.31. The summed E-state index contributed by atoms with van der Waals surface area (Å²) < 4.78 is 0. The number of carbonyl (C=O) groups is 4. The maximum Gasteiger partial charge on any atom is 0.334 e. The van der Waals surface area contributed by atoms with Gasteiger partial charge in [-0.3, -0.25) is 19.3 Å². The molecule has 2 heterocycles. The molecule has 1 saturated heterocycles. The SMILES string of the molecule is CC(C)CN1C(=O)C(=O)N(CC(=O)N2N=C3/C(=C\c4ccccc4)CCC[C@H]3[C@H]2c2ccccc2)C1=O. The molecule has 3 aliphatic rings. The van der Waals surface area contributed by atoms with Crippen LogP contribution in [-0.4, -0.2) is 57.4 Å². The van der Waals surface area contributed by atoms with Gasteiger partial charge in [-0.25, -0.2) is 14.7 Å². The molecule has 8 heteroatoms. The van der Waals surface area contributed by atoms with Crippen LogP contribution in [-0.2, 0) is 14.4 Å². The summed E-state index contributed by atoms with van der Waals surface area (Å²) in [5.41, 5.74) is 3.97. The van der Waals surface area contributed by atoms with Crippen molar-refractivity contribution in [2.24, 2.45) is 16.9 Å². The molecule has 8 nitrogen and oxygen atoms in total. The second-order valence-electron chi connectivity index (χ2n) is 10.1. The highest BCUT2D eigenvalue weighted by Crippen LogP contribution is 2.44. The van der Waals surface area contributed by atoms with Crippen LogP contribution in [0.4, 0.5) is 4.79 Å². The lowest BCUT2D eigenvalue weighted by Gasteiger charge is -2.30. The first kappa shape index (κ1) is 24.6. The van der Waals surface area contributed by atoms with Crippen molar-refractivity contribution in [3.05, 3.63) is 77.4 Å². The molecule has 2 fully saturated rings. The molecular weight excluding hydrogens is 468 g/mol. The van der Waals surface area contributed by atoms with Crippen LogP contribution in [0.2, 0.25) is 0 Å². The number of hydrazone groups is 1. The minimum atomic E-state index is -0.968. The van der Waals surface area contributed by atoms with E-state index in [-0.39, 0.29) is 24.4 Å². The molecule has 2 atom stereocenters. The van der Waals surface area contributed by atoms with Crippen molar-refractivity contribution < 1.29 is 19.2 Å². The second-order valence-corrected chi connectivity index (χ2v) is 10.1. The van der Waals surface area contributed by atoms with Crippen molar-refractivity contribution in [1.82, 2.24) is 14.8 Å². The Kier molecular flexibility index (Phi) is 6.74. The number of fused-ring (bicyclic) bond motifs is 1. The van der Waals surface area contributed by atoms with E-state index in [2.05, 4.69) is 6.08 Å². The van der Waals surface area contributed by atoms with Crippen LogP contribution in [0.5, 0.6) is 0 Å². The number of hydrogen-bond acceptors (Lipinski definition) is 5. The number of carbonyl (C=O) groups excluding carboxylic acids is 4. The molecule has 5 amide bonds. The number of rotatable bonds is 6. The van der Waals surface area contributed by atoms with E-state index >= 15 is 0 Å². The van der Waals surface area contributed by atoms with Crippen molar-refractivity contribution in [1.29, 1.82) is 0 Å². The van der Waals surface area contributed by atoms with Gasteiger partial charge in [-0.1, -0.05) is 74.5 Å². The van der Waals surface area contributed by atoms with E-state index in [9.17, 15) is 19.2 Å². The first-order valence-electron chi connectivity index (χ1n) is 12.7. The van der Waals surface area contributed by atoms with Gasteiger partial charge in [-0.15, -0.1) is 0 Å². The van der Waals surface area contributed by atoms with Gasteiger partial charge in [0, 0.05) is 12.5 Å². The van der Waals surface area contributed by atoms with Gasteiger partial charge in [0.25, 0.3) is 5.91 Å². The third-order valence-corrected chi connectivity index (χ3v) is 7.01. The normalized spacial score (nSPS) is 22.8. The van der Waals surface area contributed by atoms with E-state index in [4.69, 9.17) is 5.10 Å². The summed E-state index contributed by atoms with van der Waals surface area (Å²) in [4.78, 5) is 53.2. The summed E-state index contributed by atoms with van der Waals surface area (Å²) in [7, 11) is 0. The molecule has 0 unspecified atom stereocenters. The molecule has 2 aromatic carbocycles. The van der Waals surface area contributed by atoms with Gasteiger partial charge in [-0.2, -0.15) is 5.10 Å². The Bertz CT molecular complexity index is 1290. The molecule has 0 aromatic heterocycles. The Morgan fingerprint density at radius 3 is 2.30 bits per heavy atom. The first-order chi connectivity index (χ1) is 17.8. The largest absolute Gasteiger partial charge is 0.334 e. The Morgan fingerprint density at radius 2 is 1.62 bits per heavy atom. The van der Waals surface area contributed by atoms with Crippen LogP contribution < -0.4 is 0 Å². The highest BCUT2D eigenvalue weighted by molar-refractivity contribution is 6.45. The van der Waals surface area contributed by atoms with Gasteiger partial charge >= 0.3 is 17.8 Å². The van der Waals surface area contributed by atoms with Crippen LogP contribution in [0.3, 0.4) is 0 Å². The van der Waals surface area contributed by atoms with Gasteiger partial charge in [0.15, 0.2) is 0 Å². The second kappa shape index (κ2) is 10.1. The van der Waals surface area contributed by atoms with Crippen molar-refractivity contribution in [3.63, 3.8) is 0 Å². The summed E-state index contributed by atoms with van der Waals surface area (Å²) in [5, 5.41) is 6.23. The molecule has 0 bridgehead atoms. The molecule has 2 aliphatic heterocycles. The lowest BCUT2D eigenvalue weighted by Crippen LogP contribution is -2.43. The van der Waals surface area contributed by atoms with Gasteiger partial charge in [0.1, 0.15) is 6.54 Å². The zero-order chi connectivity index (χ0) is 26.1. The highest BCUT2D eigenvalue weighted by atomic mass is 16.2. The number of urea groups is 1. The van der Waals surface area contributed by atoms with Crippen LogP contribution >= 0.6 is 0 Å². The van der Waals surface area contributed by atoms with E-state index in [0.717, 1.165) is 51.5 Å². The molecule has 1 saturated carbocycles. The van der Waals surface area contributed by atoms with E-state index in [1.807, 2.05) is 74.5 Å². The zero-order valence-electron chi connectivity index (χ0n) is 21.0. The minimum absolute atomic E-state index is 0.000820. The Balaban J connectivity index is 1.47. The smallest absolute Gasteiger partial charge is 0.271 e. The molecule has 190 valence electrons. The summed E-state index contributed by atoms with van der Waals surface area (Å²) >= 11 is 0. The Morgan fingerprint density at radius 1 is 0.973 bits per heavy atom. The molecule has 0 spiro atoms. The Labute approximate surface area is 216 Å². The van der Waals surface area contributed by atoms with Gasteiger partial charge in [0.2, 0.25) is 0 Å². The predicted molar refractivity (Wildman–Crippen MR) is 139 cm³/mol. The average Bonchev–Trinajstić information content (AvgIpc) is 3.38. The average molecular weight is 499 g/mol. The fraction of sp³-hybridized carbons (Fsp3) is 0.345. The van der Waals surface area contributed by atoms with Gasteiger partial charge in [-0.05, 0) is 48.0 Å². The Hall–Kier alpha value is -4.07. The van der Waals surface area contributed by atoms with Gasteiger partial charge < -0.3 is 0 Å². The third kappa shape index (κ3) is 4.71. The standard InChI is InChI=1S/C29H30N4O4/c1-19(2)17-31-27(35)28(36)32(29(31)37)18-24(34)33-26(21-12-7-4-8-13-21)23-15-9-14-22(25(23)30-33)16-20-10-5-3-6-11-20/h3-8,10-13,16,19,23,26H,9,14-15,17-18H2,1-2H3/b22-16-/t23-,26-/m1/s1. The summed E-state index contributed by atoms with van der Waals surface area (Å²) in [6, 6.07) is 18.6. The maximum absolute atomic E-state index is 13.6. The number of hydrogen-bond donors (Lipinski definition) is 0. The van der Waals surface area contributed by atoms with E-state index in [0.29, 0.717) is 0 Å².